The Kier molecular flexibility index (Phi) is 7.79. The smallest absolute Gasteiger partial charge is 0.215 e. The lowest BCUT2D eigenvalue weighted by Crippen LogP contribution is -2.63. The molecule has 2 aromatic carbocycles. The van der Waals surface area contributed by atoms with Crippen molar-refractivity contribution in [3.8, 4) is 0 Å². The molecule has 0 saturated carbocycles. The largest absolute Gasteiger partial charge is 0.348 e. The fraction of sp³-hybridized carbons (Fsp3) is 0.533. The standard InChI is InChI=1S/C30H39NO7/c1-28(2)34-20-24(36-28)25-26(38-29(3,4)37-25)27-30(32-5,33-6)23(22-15-11-8-12-16-22)17-18-35-31(27)19-21-13-9-7-10-14-21/h7-17,24-27H,18-20H2,1-6H3/t24-,25+,26+,27+/m1/s1. The second-order valence-corrected chi connectivity index (χ2v) is 10.8. The van der Waals surface area contributed by atoms with Crippen LogP contribution in [0.15, 0.2) is 66.7 Å². The van der Waals surface area contributed by atoms with Gasteiger partial charge in [0.1, 0.15) is 24.4 Å². The van der Waals surface area contributed by atoms with Crippen molar-refractivity contribution in [2.45, 2.75) is 76.0 Å². The van der Waals surface area contributed by atoms with Gasteiger partial charge in [-0.3, -0.25) is 4.84 Å². The third kappa shape index (κ3) is 5.33. The van der Waals surface area contributed by atoms with E-state index in [0.717, 1.165) is 16.7 Å². The molecular formula is C30H39NO7. The van der Waals surface area contributed by atoms with Crippen LogP contribution in [0.3, 0.4) is 0 Å². The molecule has 3 aliphatic rings. The summed E-state index contributed by atoms with van der Waals surface area (Å²) < 4.78 is 38.2. The summed E-state index contributed by atoms with van der Waals surface area (Å²) >= 11 is 0. The van der Waals surface area contributed by atoms with Crippen LogP contribution < -0.4 is 0 Å². The summed E-state index contributed by atoms with van der Waals surface area (Å²) in [6.07, 6.45) is 0.642. The highest BCUT2D eigenvalue weighted by Gasteiger charge is 2.61. The molecule has 4 atom stereocenters. The predicted octanol–water partition coefficient (Wildman–Crippen LogP) is 4.55. The molecule has 2 aromatic rings. The second kappa shape index (κ2) is 10.8. The SMILES string of the molecule is COC1(OC)C(c2ccccc2)=CCON(Cc2ccccc2)[C@H]1[C@H]1OC(C)(C)O[C@H]1[C@H]1COC(C)(C)O1. The minimum absolute atomic E-state index is 0.333. The van der Waals surface area contributed by atoms with Gasteiger partial charge >= 0.3 is 0 Å². The maximum Gasteiger partial charge on any atom is 0.215 e. The lowest BCUT2D eigenvalue weighted by Gasteiger charge is -2.46. The maximum atomic E-state index is 6.68. The van der Waals surface area contributed by atoms with Gasteiger partial charge in [0.2, 0.25) is 5.79 Å². The Morgan fingerprint density at radius 3 is 2.05 bits per heavy atom. The van der Waals surface area contributed by atoms with Crippen LogP contribution in [-0.4, -0.2) is 74.2 Å². The summed E-state index contributed by atoms with van der Waals surface area (Å²) in [5.74, 6) is -2.85. The van der Waals surface area contributed by atoms with Crippen molar-refractivity contribution in [2.75, 3.05) is 27.4 Å². The molecule has 3 heterocycles. The van der Waals surface area contributed by atoms with Crippen molar-refractivity contribution in [3.05, 3.63) is 77.9 Å². The second-order valence-electron chi connectivity index (χ2n) is 10.8. The molecular weight excluding hydrogens is 486 g/mol. The van der Waals surface area contributed by atoms with Crippen LogP contribution in [0.4, 0.5) is 0 Å². The van der Waals surface area contributed by atoms with Gasteiger partial charge in [0.15, 0.2) is 11.6 Å². The van der Waals surface area contributed by atoms with Crippen LogP contribution in [0.1, 0.15) is 38.8 Å². The van der Waals surface area contributed by atoms with Gasteiger partial charge in [-0.15, -0.1) is 0 Å². The van der Waals surface area contributed by atoms with Gasteiger partial charge < -0.3 is 28.4 Å². The molecule has 2 fully saturated rings. The Balaban J connectivity index is 1.63. The van der Waals surface area contributed by atoms with Crippen LogP contribution in [0.25, 0.3) is 5.57 Å². The Hall–Kier alpha value is -2.14. The average Bonchev–Trinajstić information content (AvgIpc) is 3.37. The van der Waals surface area contributed by atoms with E-state index in [1.54, 1.807) is 14.2 Å². The highest BCUT2D eigenvalue weighted by Crippen LogP contribution is 2.46. The number of hydrogen-bond donors (Lipinski definition) is 0. The van der Waals surface area contributed by atoms with Crippen LogP contribution in [0.5, 0.6) is 0 Å². The van der Waals surface area contributed by atoms with Crippen molar-refractivity contribution in [1.29, 1.82) is 0 Å². The van der Waals surface area contributed by atoms with E-state index < -0.39 is 35.6 Å². The first-order valence-corrected chi connectivity index (χ1v) is 13.2. The highest BCUT2D eigenvalue weighted by molar-refractivity contribution is 5.72. The number of hydrogen-bond acceptors (Lipinski definition) is 8. The van der Waals surface area contributed by atoms with Gasteiger partial charge in [-0.2, -0.15) is 5.06 Å². The van der Waals surface area contributed by atoms with E-state index >= 15 is 0 Å². The maximum absolute atomic E-state index is 6.68. The van der Waals surface area contributed by atoms with Gasteiger partial charge in [0, 0.05) is 26.3 Å². The van der Waals surface area contributed by atoms with Gasteiger partial charge in [0.05, 0.1) is 13.2 Å². The van der Waals surface area contributed by atoms with Crippen molar-refractivity contribution >= 4 is 5.57 Å². The molecule has 0 unspecified atom stereocenters. The molecule has 38 heavy (non-hydrogen) atoms. The third-order valence-electron chi connectivity index (χ3n) is 7.35. The van der Waals surface area contributed by atoms with E-state index in [0.29, 0.717) is 19.8 Å². The van der Waals surface area contributed by atoms with Crippen LogP contribution in [-0.2, 0) is 39.8 Å². The first-order chi connectivity index (χ1) is 18.2. The van der Waals surface area contributed by atoms with E-state index in [1.165, 1.54) is 0 Å². The lowest BCUT2D eigenvalue weighted by atomic mass is 9.85. The molecule has 0 spiro atoms. The molecule has 0 aliphatic carbocycles. The van der Waals surface area contributed by atoms with Gasteiger partial charge in [0.25, 0.3) is 0 Å². The Labute approximate surface area is 225 Å². The Morgan fingerprint density at radius 2 is 1.45 bits per heavy atom. The van der Waals surface area contributed by atoms with Crippen molar-refractivity contribution in [3.63, 3.8) is 0 Å². The predicted molar refractivity (Wildman–Crippen MR) is 142 cm³/mol. The van der Waals surface area contributed by atoms with Gasteiger partial charge in [-0.05, 0) is 44.9 Å². The van der Waals surface area contributed by atoms with Crippen molar-refractivity contribution in [2.24, 2.45) is 0 Å². The van der Waals surface area contributed by atoms with Crippen LogP contribution >= 0.6 is 0 Å². The average molecular weight is 526 g/mol. The van der Waals surface area contributed by atoms with Crippen molar-refractivity contribution in [1.82, 2.24) is 5.06 Å². The molecule has 2 saturated heterocycles. The summed E-state index contributed by atoms with van der Waals surface area (Å²) in [5.41, 5.74) is 2.92. The topological polar surface area (TPSA) is 67.9 Å². The molecule has 206 valence electrons. The van der Waals surface area contributed by atoms with Gasteiger partial charge in [-0.1, -0.05) is 60.7 Å². The first kappa shape index (κ1) is 27.4. The Bertz CT molecular complexity index is 1100. The minimum Gasteiger partial charge on any atom is -0.348 e. The first-order valence-electron chi connectivity index (χ1n) is 13.2. The van der Waals surface area contributed by atoms with E-state index in [4.69, 9.17) is 33.3 Å². The monoisotopic (exact) mass is 525 g/mol. The zero-order valence-corrected chi connectivity index (χ0v) is 23.1. The third-order valence-corrected chi connectivity index (χ3v) is 7.35. The molecule has 0 aromatic heterocycles. The summed E-state index contributed by atoms with van der Waals surface area (Å²) in [4.78, 5) is 6.45. The molecule has 8 heteroatoms. The summed E-state index contributed by atoms with van der Waals surface area (Å²) in [5, 5.41) is 1.91. The van der Waals surface area contributed by atoms with Crippen molar-refractivity contribution < 1.29 is 33.3 Å². The molecule has 0 bridgehead atoms. The van der Waals surface area contributed by atoms with E-state index in [1.807, 2.05) is 87.4 Å². The molecule has 0 N–H and O–H groups in total. The number of ether oxygens (including phenoxy) is 6. The lowest BCUT2D eigenvalue weighted by molar-refractivity contribution is -0.297. The number of hydroxylamine groups is 2. The van der Waals surface area contributed by atoms with E-state index in [2.05, 4.69) is 12.1 Å². The molecule has 3 aliphatic heterocycles. The minimum atomic E-state index is -1.26. The summed E-state index contributed by atoms with van der Waals surface area (Å²) in [6, 6.07) is 19.7. The zero-order chi connectivity index (χ0) is 27.0. The number of nitrogens with zero attached hydrogens (tertiary/aromatic N) is 1. The number of benzene rings is 2. The highest BCUT2D eigenvalue weighted by atomic mass is 16.8. The van der Waals surface area contributed by atoms with Crippen LogP contribution in [0.2, 0.25) is 0 Å². The molecule has 0 amide bonds. The molecule has 8 nitrogen and oxygen atoms in total. The summed E-state index contributed by atoms with van der Waals surface area (Å²) in [6.45, 7) is 8.84. The fourth-order valence-electron chi connectivity index (χ4n) is 5.78. The quantitative estimate of drug-likeness (QED) is 0.488. The number of methoxy groups -OCH3 is 2. The molecule has 0 radical (unpaired) electrons. The van der Waals surface area contributed by atoms with E-state index in [-0.39, 0.29) is 6.10 Å². The summed E-state index contributed by atoms with van der Waals surface area (Å²) in [7, 11) is 3.32. The number of rotatable bonds is 7. The molecule has 5 rings (SSSR count). The van der Waals surface area contributed by atoms with Crippen LogP contribution in [0, 0.1) is 0 Å². The van der Waals surface area contributed by atoms with Gasteiger partial charge in [-0.25, -0.2) is 0 Å². The Morgan fingerprint density at radius 1 is 0.816 bits per heavy atom. The normalized spacial score (nSPS) is 30.6. The zero-order valence-electron chi connectivity index (χ0n) is 23.1. The van der Waals surface area contributed by atoms with E-state index in [9.17, 15) is 0 Å². The fourth-order valence-corrected chi connectivity index (χ4v) is 5.78.